The number of fused-ring (bicyclic) bond motifs is 1. The Bertz CT molecular complexity index is 1410. The zero-order valence-electron chi connectivity index (χ0n) is 21.9. The SMILES string of the molecule is CC(C)(C)OC(=O)COc1ccc2c(c1)ncn2-c1ccc(NC(=O)Nc2cc(C(C)(C)C)n[nH]2)cc1. The molecule has 2 aromatic carbocycles. The highest BCUT2D eigenvalue weighted by molar-refractivity contribution is 5.99. The quantitative estimate of drug-likeness (QED) is 0.302. The van der Waals surface area contributed by atoms with E-state index in [9.17, 15) is 9.59 Å². The zero-order chi connectivity index (χ0) is 26.8. The third-order valence-electron chi connectivity index (χ3n) is 5.29. The number of carbonyl (C=O) groups excluding carboxylic acids is 2. The molecule has 4 aromatic rings. The molecule has 0 saturated carbocycles. The van der Waals surface area contributed by atoms with Crippen molar-refractivity contribution in [1.82, 2.24) is 19.7 Å². The number of H-pyrrole nitrogens is 1. The van der Waals surface area contributed by atoms with Crippen LogP contribution in [0.3, 0.4) is 0 Å². The van der Waals surface area contributed by atoms with Crippen LogP contribution in [0.4, 0.5) is 16.3 Å². The minimum absolute atomic E-state index is 0.116. The van der Waals surface area contributed by atoms with Gasteiger partial charge in [-0.25, -0.2) is 14.6 Å². The molecular formula is C27H32N6O4. The predicted octanol–water partition coefficient (Wildman–Crippen LogP) is 5.41. The Kier molecular flexibility index (Phi) is 6.93. The van der Waals surface area contributed by atoms with Gasteiger partial charge in [-0.2, -0.15) is 5.10 Å². The van der Waals surface area contributed by atoms with Gasteiger partial charge in [0.2, 0.25) is 0 Å². The molecule has 0 bridgehead atoms. The number of esters is 1. The number of aromatic amines is 1. The van der Waals surface area contributed by atoms with Crippen molar-refractivity contribution in [2.45, 2.75) is 52.6 Å². The van der Waals surface area contributed by atoms with Gasteiger partial charge in [-0.3, -0.25) is 15.0 Å². The second-order valence-corrected chi connectivity index (χ2v) is 10.7. The second kappa shape index (κ2) is 9.96. The Morgan fingerprint density at radius 3 is 2.35 bits per heavy atom. The normalized spacial score (nSPS) is 11.8. The van der Waals surface area contributed by atoms with Gasteiger partial charge in [-0.15, -0.1) is 0 Å². The largest absolute Gasteiger partial charge is 0.482 e. The number of ether oxygens (including phenoxy) is 2. The molecule has 0 aliphatic carbocycles. The van der Waals surface area contributed by atoms with E-state index in [2.05, 4.69) is 46.6 Å². The van der Waals surface area contributed by atoms with Crippen LogP contribution in [0.25, 0.3) is 16.7 Å². The number of rotatable bonds is 6. The number of imidazole rings is 1. The molecule has 4 rings (SSSR count). The molecule has 10 heteroatoms. The molecule has 0 atom stereocenters. The highest BCUT2D eigenvalue weighted by Crippen LogP contribution is 2.25. The summed E-state index contributed by atoms with van der Waals surface area (Å²) in [4.78, 5) is 28.8. The maximum absolute atomic E-state index is 12.4. The number of carbonyl (C=O) groups is 2. The van der Waals surface area contributed by atoms with E-state index in [4.69, 9.17) is 9.47 Å². The molecule has 0 aliphatic heterocycles. The summed E-state index contributed by atoms with van der Waals surface area (Å²) in [5.74, 6) is 0.624. The fourth-order valence-electron chi connectivity index (χ4n) is 3.56. The summed E-state index contributed by atoms with van der Waals surface area (Å²) in [5, 5.41) is 12.7. The molecule has 2 aromatic heterocycles. The lowest BCUT2D eigenvalue weighted by molar-refractivity contribution is -0.157. The summed E-state index contributed by atoms with van der Waals surface area (Å²) < 4.78 is 12.8. The number of anilines is 2. The fraction of sp³-hybridized carbons (Fsp3) is 0.333. The van der Waals surface area contributed by atoms with Gasteiger partial charge in [0, 0.05) is 28.9 Å². The van der Waals surface area contributed by atoms with Gasteiger partial charge in [-0.1, -0.05) is 20.8 Å². The molecular weight excluding hydrogens is 472 g/mol. The molecule has 0 aliphatic rings. The molecule has 37 heavy (non-hydrogen) atoms. The van der Waals surface area contributed by atoms with Crippen LogP contribution in [0.5, 0.6) is 5.75 Å². The monoisotopic (exact) mass is 504 g/mol. The summed E-state index contributed by atoms with van der Waals surface area (Å²) in [6.07, 6.45) is 1.71. The molecule has 194 valence electrons. The first-order valence-electron chi connectivity index (χ1n) is 11.9. The van der Waals surface area contributed by atoms with Crippen LogP contribution in [0.15, 0.2) is 54.9 Å². The van der Waals surface area contributed by atoms with Gasteiger partial charge in [0.05, 0.1) is 16.7 Å². The maximum Gasteiger partial charge on any atom is 0.344 e. The Morgan fingerprint density at radius 2 is 1.70 bits per heavy atom. The van der Waals surface area contributed by atoms with Crippen LogP contribution < -0.4 is 15.4 Å². The van der Waals surface area contributed by atoms with Crippen molar-refractivity contribution in [2.24, 2.45) is 0 Å². The number of benzene rings is 2. The van der Waals surface area contributed by atoms with E-state index in [0.717, 1.165) is 22.4 Å². The standard InChI is InChI=1S/C27H32N6O4/c1-26(2,3)22-14-23(32-31-22)30-25(35)29-17-7-9-18(10-8-17)33-16-28-20-13-19(11-12-21(20)33)36-15-24(34)37-27(4,5)6/h7-14,16H,15H2,1-6H3,(H3,29,30,31,32,35). The van der Waals surface area contributed by atoms with Crippen LogP contribution in [0.1, 0.15) is 47.2 Å². The van der Waals surface area contributed by atoms with Gasteiger partial charge in [0.1, 0.15) is 23.5 Å². The van der Waals surface area contributed by atoms with Crippen LogP contribution in [0.2, 0.25) is 0 Å². The van der Waals surface area contributed by atoms with Gasteiger partial charge in [0.15, 0.2) is 6.61 Å². The molecule has 0 saturated heterocycles. The van der Waals surface area contributed by atoms with Crippen molar-refractivity contribution in [3.63, 3.8) is 0 Å². The topological polar surface area (TPSA) is 123 Å². The highest BCUT2D eigenvalue weighted by Gasteiger charge is 2.18. The summed E-state index contributed by atoms with van der Waals surface area (Å²) in [6, 6.07) is 14.3. The van der Waals surface area contributed by atoms with Gasteiger partial charge in [-0.05, 0) is 57.2 Å². The Morgan fingerprint density at radius 1 is 0.973 bits per heavy atom. The number of nitrogens with one attached hydrogen (secondary N) is 3. The molecule has 0 radical (unpaired) electrons. The number of hydrogen-bond donors (Lipinski definition) is 3. The first-order valence-corrected chi connectivity index (χ1v) is 11.9. The number of amides is 2. The average molecular weight is 505 g/mol. The van der Waals surface area contributed by atoms with Crippen LogP contribution in [-0.2, 0) is 14.9 Å². The van der Waals surface area contributed by atoms with Crippen molar-refractivity contribution < 1.29 is 19.1 Å². The van der Waals surface area contributed by atoms with E-state index in [1.54, 1.807) is 18.5 Å². The summed E-state index contributed by atoms with van der Waals surface area (Å²) in [7, 11) is 0. The minimum atomic E-state index is -0.562. The van der Waals surface area contributed by atoms with E-state index < -0.39 is 11.6 Å². The molecule has 2 amide bonds. The number of nitrogens with zero attached hydrogens (tertiary/aromatic N) is 3. The molecule has 0 fully saturated rings. The zero-order valence-corrected chi connectivity index (χ0v) is 21.9. The fourth-order valence-corrected chi connectivity index (χ4v) is 3.56. The summed E-state index contributed by atoms with van der Waals surface area (Å²) in [5.41, 5.74) is 3.29. The van der Waals surface area contributed by atoms with Gasteiger partial charge >= 0.3 is 12.0 Å². The molecule has 0 spiro atoms. The van der Waals surface area contributed by atoms with Gasteiger partial charge in [0.25, 0.3) is 0 Å². The van der Waals surface area contributed by atoms with Crippen LogP contribution in [0, 0.1) is 0 Å². The second-order valence-electron chi connectivity index (χ2n) is 10.7. The summed E-state index contributed by atoms with van der Waals surface area (Å²) >= 11 is 0. The van der Waals surface area contributed by atoms with Crippen molar-refractivity contribution in [1.29, 1.82) is 0 Å². The third-order valence-corrected chi connectivity index (χ3v) is 5.29. The number of urea groups is 1. The highest BCUT2D eigenvalue weighted by atomic mass is 16.6. The Hall–Kier alpha value is -4.34. The smallest absolute Gasteiger partial charge is 0.344 e. The van der Waals surface area contributed by atoms with Crippen molar-refractivity contribution >= 4 is 34.5 Å². The lowest BCUT2D eigenvalue weighted by Crippen LogP contribution is -2.27. The summed E-state index contributed by atoms with van der Waals surface area (Å²) in [6.45, 7) is 11.4. The lowest BCUT2D eigenvalue weighted by Gasteiger charge is -2.19. The van der Waals surface area contributed by atoms with E-state index in [-0.39, 0.29) is 18.1 Å². The van der Waals surface area contributed by atoms with Crippen LogP contribution in [-0.4, -0.2) is 44.0 Å². The molecule has 0 unspecified atom stereocenters. The average Bonchev–Trinajstić information content (AvgIpc) is 3.44. The minimum Gasteiger partial charge on any atom is -0.482 e. The lowest BCUT2D eigenvalue weighted by atomic mass is 9.92. The first kappa shape index (κ1) is 25.7. The molecule has 3 N–H and O–H groups in total. The van der Waals surface area contributed by atoms with E-state index in [1.807, 2.05) is 61.7 Å². The van der Waals surface area contributed by atoms with Crippen molar-refractivity contribution in [3.8, 4) is 11.4 Å². The number of hydrogen-bond acceptors (Lipinski definition) is 6. The first-order chi connectivity index (χ1) is 17.4. The van der Waals surface area contributed by atoms with Crippen molar-refractivity contribution in [2.75, 3.05) is 17.2 Å². The third kappa shape index (κ3) is 6.66. The maximum atomic E-state index is 12.4. The van der Waals surface area contributed by atoms with E-state index in [1.165, 1.54) is 0 Å². The Balaban J connectivity index is 1.38. The van der Waals surface area contributed by atoms with E-state index >= 15 is 0 Å². The van der Waals surface area contributed by atoms with Gasteiger partial charge < -0.3 is 14.8 Å². The number of aromatic nitrogens is 4. The van der Waals surface area contributed by atoms with Crippen molar-refractivity contribution in [3.05, 3.63) is 60.6 Å². The predicted molar refractivity (Wildman–Crippen MR) is 142 cm³/mol. The molecule has 2 heterocycles. The van der Waals surface area contributed by atoms with E-state index in [0.29, 0.717) is 17.3 Å². The van der Waals surface area contributed by atoms with Crippen LogP contribution >= 0.6 is 0 Å². The Labute approximate surface area is 215 Å². The molecule has 10 nitrogen and oxygen atoms in total.